The Labute approximate surface area is 97.6 Å². The van der Waals surface area contributed by atoms with Gasteiger partial charge in [-0.2, -0.15) is 0 Å². The van der Waals surface area contributed by atoms with E-state index in [1.807, 2.05) is 0 Å². The number of nitrogens with zero attached hydrogens (tertiary/aromatic N) is 2. The lowest BCUT2D eigenvalue weighted by atomic mass is 9.99. The molecule has 0 bridgehead atoms. The minimum atomic E-state index is -0.237. The number of hydrogen-bond acceptors (Lipinski definition) is 2. The Morgan fingerprint density at radius 3 is 2.67 bits per heavy atom. The molecule has 0 amide bonds. The lowest BCUT2D eigenvalue weighted by Gasteiger charge is -2.32. The minimum absolute atomic E-state index is 0.237. The number of anilines is 1. The van der Waals surface area contributed by atoms with Crippen LogP contribution in [0.2, 0.25) is 0 Å². The molecular formula is C11H14BrFN2. The molecule has 1 aromatic heterocycles. The molecule has 1 saturated heterocycles. The topological polar surface area (TPSA) is 16.1 Å². The Bertz CT molecular complexity index is 328. The molecule has 0 atom stereocenters. The van der Waals surface area contributed by atoms with Crippen LogP contribution in [0.4, 0.5) is 10.1 Å². The summed E-state index contributed by atoms with van der Waals surface area (Å²) in [5.41, 5.74) is 0.664. The van der Waals surface area contributed by atoms with Gasteiger partial charge in [0.1, 0.15) is 0 Å². The zero-order chi connectivity index (χ0) is 10.8. The van der Waals surface area contributed by atoms with Crippen molar-refractivity contribution in [1.29, 1.82) is 0 Å². The largest absolute Gasteiger partial charge is 0.368 e. The van der Waals surface area contributed by atoms with Gasteiger partial charge in [0.2, 0.25) is 0 Å². The Morgan fingerprint density at radius 1 is 1.40 bits per heavy atom. The summed E-state index contributed by atoms with van der Waals surface area (Å²) < 4.78 is 14.3. The summed E-state index contributed by atoms with van der Waals surface area (Å²) in [7, 11) is 0. The molecule has 0 aliphatic carbocycles. The van der Waals surface area contributed by atoms with Gasteiger partial charge < -0.3 is 4.90 Å². The first-order chi connectivity index (χ1) is 7.18. The Hall–Kier alpha value is -0.640. The molecule has 0 saturated carbocycles. The summed E-state index contributed by atoms with van der Waals surface area (Å²) in [6, 6.07) is 0. The quantitative estimate of drug-likeness (QED) is 0.781. The predicted molar refractivity (Wildman–Crippen MR) is 62.5 cm³/mol. The van der Waals surface area contributed by atoms with Gasteiger partial charge in [0.25, 0.3) is 0 Å². The predicted octanol–water partition coefficient (Wildman–Crippen LogP) is 3.22. The van der Waals surface area contributed by atoms with Gasteiger partial charge in [-0.3, -0.25) is 4.98 Å². The van der Waals surface area contributed by atoms with E-state index < -0.39 is 0 Å². The summed E-state index contributed by atoms with van der Waals surface area (Å²) in [6.45, 7) is 4.11. The van der Waals surface area contributed by atoms with Crippen molar-refractivity contribution in [1.82, 2.24) is 4.98 Å². The van der Waals surface area contributed by atoms with E-state index in [1.165, 1.54) is 6.20 Å². The molecule has 1 fully saturated rings. The molecule has 4 heteroatoms. The zero-order valence-corrected chi connectivity index (χ0v) is 10.3. The highest BCUT2D eigenvalue weighted by Gasteiger charge is 2.20. The highest BCUT2D eigenvalue weighted by Crippen LogP contribution is 2.31. The van der Waals surface area contributed by atoms with Crippen LogP contribution in [0.25, 0.3) is 0 Å². The summed E-state index contributed by atoms with van der Waals surface area (Å²) >= 11 is 3.35. The molecule has 2 rings (SSSR count). The molecule has 2 nitrogen and oxygen atoms in total. The molecule has 0 N–H and O–H groups in total. The van der Waals surface area contributed by atoms with Crippen LogP contribution in [0.3, 0.4) is 0 Å². The standard InChI is InChI=1S/C11H14BrFN2/c1-8-2-4-15(5-3-8)11-9(12)6-14-7-10(11)13/h6-8H,2-5H2,1H3. The second kappa shape index (κ2) is 4.47. The molecule has 0 radical (unpaired) electrons. The van der Waals surface area contributed by atoms with E-state index in [0.29, 0.717) is 5.69 Å². The van der Waals surface area contributed by atoms with Crippen molar-refractivity contribution in [2.24, 2.45) is 5.92 Å². The number of aromatic nitrogens is 1. The lowest BCUT2D eigenvalue weighted by molar-refractivity contribution is 0.434. The van der Waals surface area contributed by atoms with E-state index in [4.69, 9.17) is 0 Å². The van der Waals surface area contributed by atoms with Crippen LogP contribution in [0.5, 0.6) is 0 Å². The first-order valence-corrected chi connectivity index (χ1v) is 6.01. The summed E-state index contributed by atoms with van der Waals surface area (Å²) in [6.07, 6.45) is 5.19. The average molecular weight is 273 g/mol. The fourth-order valence-corrected chi connectivity index (χ4v) is 2.50. The average Bonchev–Trinajstić information content (AvgIpc) is 2.20. The maximum absolute atomic E-state index is 13.6. The van der Waals surface area contributed by atoms with Crippen molar-refractivity contribution in [2.45, 2.75) is 19.8 Å². The first kappa shape index (κ1) is 10.9. The van der Waals surface area contributed by atoms with E-state index in [0.717, 1.165) is 36.3 Å². The molecule has 82 valence electrons. The Kier molecular flexibility index (Phi) is 3.24. The van der Waals surface area contributed by atoms with Gasteiger partial charge in [-0.25, -0.2) is 4.39 Å². The van der Waals surface area contributed by atoms with Crippen molar-refractivity contribution in [3.63, 3.8) is 0 Å². The van der Waals surface area contributed by atoms with Crippen molar-refractivity contribution >= 4 is 21.6 Å². The van der Waals surface area contributed by atoms with E-state index in [2.05, 4.69) is 32.7 Å². The number of piperidine rings is 1. The van der Waals surface area contributed by atoms with Gasteiger partial charge in [0.05, 0.1) is 16.4 Å². The van der Waals surface area contributed by atoms with Gasteiger partial charge in [-0.15, -0.1) is 0 Å². The molecule has 0 unspecified atom stereocenters. The van der Waals surface area contributed by atoms with Crippen LogP contribution in [-0.2, 0) is 0 Å². The number of pyridine rings is 1. The van der Waals surface area contributed by atoms with Crippen LogP contribution in [-0.4, -0.2) is 18.1 Å². The van der Waals surface area contributed by atoms with Gasteiger partial charge in [-0.05, 0) is 34.7 Å². The van der Waals surface area contributed by atoms with Gasteiger partial charge in [-0.1, -0.05) is 6.92 Å². The first-order valence-electron chi connectivity index (χ1n) is 5.22. The summed E-state index contributed by atoms with van der Waals surface area (Å²) in [4.78, 5) is 5.90. The molecule has 1 aromatic rings. The molecule has 15 heavy (non-hydrogen) atoms. The minimum Gasteiger partial charge on any atom is -0.368 e. The van der Waals surface area contributed by atoms with Crippen LogP contribution in [0, 0.1) is 11.7 Å². The lowest BCUT2D eigenvalue weighted by Crippen LogP contribution is -2.33. The number of rotatable bonds is 1. The van der Waals surface area contributed by atoms with Crippen LogP contribution in [0.15, 0.2) is 16.9 Å². The van der Waals surface area contributed by atoms with Crippen molar-refractivity contribution in [2.75, 3.05) is 18.0 Å². The maximum atomic E-state index is 13.6. The summed E-state index contributed by atoms with van der Waals surface area (Å²) in [5, 5.41) is 0. The van der Waals surface area contributed by atoms with Gasteiger partial charge in [0, 0.05) is 19.3 Å². The maximum Gasteiger partial charge on any atom is 0.165 e. The molecule has 0 spiro atoms. The Balaban J connectivity index is 2.22. The van der Waals surface area contributed by atoms with Crippen LogP contribution < -0.4 is 4.90 Å². The highest BCUT2D eigenvalue weighted by molar-refractivity contribution is 9.10. The molecule has 0 aromatic carbocycles. The van der Waals surface area contributed by atoms with E-state index in [9.17, 15) is 4.39 Å². The van der Waals surface area contributed by atoms with Crippen molar-refractivity contribution in [3.8, 4) is 0 Å². The molecule has 2 heterocycles. The van der Waals surface area contributed by atoms with Gasteiger partial charge >= 0.3 is 0 Å². The van der Waals surface area contributed by atoms with Crippen molar-refractivity contribution < 1.29 is 4.39 Å². The zero-order valence-electron chi connectivity index (χ0n) is 8.71. The van der Waals surface area contributed by atoms with Crippen LogP contribution in [0.1, 0.15) is 19.8 Å². The van der Waals surface area contributed by atoms with E-state index >= 15 is 0 Å². The molecule has 1 aliphatic heterocycles. The third-order valence-electron chi connectivity index (χ3n) is 2.93. The fraction of sp³-hybridized carbons (Fsp3) is 0.545. The SMILES string of the molecule is CC1CCN(c2c(F)cncc2Br)CC1. The number of halogens is 2. The second-order valence-corrected chi connectivity index (χ2v) is 4.98. The van der Waals surface area contributed by atoms with Gasteiger partial charge in [0.15, 0.2) is 5.82 Å². The summed E-state index contributed by atoms with van der Waals surface area (Å²) in [5.74, 6) is 0.517. The highest BCUT2D eigenvalue weighted by atomic mass is 79.9. The van der Waals surface area contributed by atoms with Crippen LogP contribution >= 0.6 is 15.9 Å². The third kappa shape index (κ3) is 2.30. The molecular weight excluding hydrogens is 259 g/mol. The van der Waals surface area contributed by atoms with E-state index in [1.54, 1.807) is 6.20 Å². The van der Waals surface area contributed by atoms with Crippen molar-refractivity contribution in [3.05, 3.63) is 22.7 Å². The fourth-order valence-electron chi connectivity index (χ4n) is 1.94. The normalized spacial score (nSPS) is 18.2. The Morgan fingerprint density at radius 2 is 2.07 bits per heavy atom. The number of hydrogen-bond donors (Lipinski definition) is 0. The monoisotopic (exact) mass is 272 g/mol. The second-order valence-electron chi connectivity index (χ2n) is 4.12. The molecule has 1 aliphatic rings. The smallest absolute Gasteiger partial charge is 0.165 e. The third-order valence-corrected chi connectivity index (χ3v) is 3.51. The van der Waals surface area contributed by atoms with E-state index in [-0.39, 0.29) is 5.82 Å².